The van der Waals surface area contributed by atoms with E-state index in [1.54, 1.807) is 11.7 Å². The lowest BCUT2D eigenvalue weighted by Gasteiger charge is -2.44. The molecule has 2 aromatic rings. The van der Waals surface area contributed by atoms with Crippen LogP contribution in [-0.4, -0.2) is 83.7 Å². The number of likely N-dealkylation sites (N-methyl/N-ethyl adjacent to an activating group) is 1. The third kappa shape index (κ3) is 5.26. The van der Waals surface area contributed by atoms with Crippen molar-refractivity contribution in [2.45, 2.75) is 25.5 Å². The van der Waals surface area contributed by atoms with E-state index in [0.29, 0.717) is 31.9 Å². The smallest absolute Gasteiger partial charge is 0.248 e. The minimum Gasteiger partial charge on any atom is -0.473 e. The van der Waals surface area contributed by atoms with Gasteiger partial charge in [-0.2, -0.15) is 0 Å². The van der Waals surface area contributed by atoms with E-state index in [-0.39, 0.29) is 12.0 Å². The zero-order valence-electron chi connectivity index (χ0n) is 19.1. The summed E-state index contributed by atoms with van der Waals surface area (Å²) in [5, 5.41) is 9.35. The van der Waals surface area contributed by atoms with Gasteiger partial charge in [0.1, 0.15) is 12.1 Å². The molecule has 2 N–H and O–H groups in total. The van der Waals surface area contributed by atoms with Crippen molar-refractivity contribution in [1.82, 2.24) is 20.3 Å². The largest absolute Gasteiger partial charge is 0.473 e. The second kappa shape index (κ2) is 10.2. The Morgan fingerprint density at radius 1 is 1.12 bits per heavy atom. The molecule has 2 saturated heterocycles. The molecule has 2 aliphatic rings. The third-order valence-corrected chi connectivity index (χ3v) is 6.45. The molecule has 2 amide bonds. The number of anilines is 1. The summed E-state index contributed by atoms with van der Waals surface area (Å²) in [6.45, 7) is 5.06. The van der Waals surface area contributed by atoms with Crippen molar-refractivity contribution in [2.75, 3.05) is 44.7 Å². The van der Waals surface area contributed by atoms with Gasteiger partial charge in [-0.3, -0.25) is 19.7 Å². The second-order valence-corrected chi connectivity index (χ2v) is 8.76. The molecule has 1 aromatic carbocycles. The number of amides is 2. The molecule has 2 unspecified atom stereocenters. The summed E-state index contributed by atoms with van der Waals surface area (Å²) in [6.07, 6.45) is 1.66. The summed E-state index contributed by atoms with van der Waals surface area (Å²) in [6, 6.07) is 13.2. The van der Waals surface area contributed by atoms with Crippen LogP contribution in [0.1, 0.15) is 12.0 Å². The van der Waals surface area contributed by atoms with Crippen molar-refractivity contribution in [1.29, 1.82) is 0 Å². The number of piperazine rings is 1. The predicted octanol–water partition coefficient (Wildman–Crippen LogP) is 1.31. The number of rotatable bonds is 5. The van der Waals surface area contributed by atoms with Crippen LogP contribution in [0.5, 0.6) is 5.88 Å². The average Bonchev–Trinajstić information content (AvgIpc) is 2.83. The van der Waals surface area contributed by atoms with Gasteiger partial charge in [0.15, 0.2) is 0 Å². The lowest BCUT2D eigenvalue weighted by atomic mass is 9.86. The molecule has 0 saturated carbocycles. The Bertz CT molecular complexity index is 964. The molecule has 9 heteroatoms. The number of aryl methyl sites for hydroxylation is 1. The van der Waals surface area contributed by atoms with Crippen molar-refractivity contribution in [3.8, 4) is 5.88 Å². The molecule has 0 bridgehead atoms. The van der Waals surface area contributed by atoms with Crippen LogP contribution in [0.25, 0.3) is 0 Å². The average molecular weight is 454 g/mol. The van der Waals surface area contributed by atoms with E-state index in [0.717, 1.165) is 24.3 Å². The lowest BCUT2D eigenvalue weighted by Crippen LogP contribution is -2.62. The van der Waals surface area contributed by atoms with Gasteiger partial charge in [-0.1, -0.05) is 18.2 Å². The zero-order chi connectivity index (χ0) is 23.4. The summed E-state index contributed by atoms with van der Waals surface area (Å²) >= 11 is 0. The van der Waals surface area contributed by atoms with Crippen LogP contribution in [0.2, 0.25) is 0 Å². The minimum atomic E-state index is -0.733. The number of nitrogens with one attached hydrogen (secondary N) is 1. The first-order chi connectivity index (χ1) is 16.0. The van der Waals surface area contributed by atoms with Gasteiger partial charge >= 0.3 is 0 Å². The van der Waals surface area contributed by atoms with Crippen LogP contribution in [0.3, 0.4) is 0 Å². The van der Waals surface area contributed by atoms with Gasteiger partial charge in [0.25, 0.3) is 0 Å². The monoisotopic (exact) mass is 453 g/mol. The molecule has 0 aliphatic carbocycles. The number of carbonyl (C=O) groups excluding carboxylic acids is 2. The molecule has 9 nitrogen and oxygen atoms in total. The van der Waals surface area contributed by atoms with Gasteiger partial charge in [0.05, 0.1) is 5.92 Å². The first-order valence-electron chi connectivity index (χ1n) is 11.3. The van der Waals surface area contributed by atoms with E-state index in [9.17, 15) is 14.8 Å². The number of pyridine rings is 1. The fraction of sp³-hybridized carbons (Fsp3) is 0.458. The Labute approximate surface area is 193 Å². The Hall–Kier alpha value is -3.17. The normalized spacial score (nSPS) is 23.8. The number of benzene rings is 1. The number of piperidine rings is 1. The molecule has 176 valence electrons. The Balaban J connectivity index is 1.43. The van der Waals surface area contributed by atoms with Crippen molar-refractivity contribution in [3.63, 3.8) is 0 Å². The predicted molar refractivity (Wildman–Crippen MR) is 123 cm³/mol. The van der Waals surface area contributed by atoms with Crippen molar-refractivity contribution in [2.24, 2.45) is 5.92 Å². The summed E-state index contributed by atoms with van der Waals surface area (Å²) in [5.74, 6) is -0.916. The molecular weight excluding hydrogens is 422 g/mol. The topological polar surface area (TPSA) is 98.2 Å². The highest BCUT2D eigenvalue weighted by molar-refractivity contribution is 5.90. The van der Waals surface area contributed by atoms with Crippen LogP contribution in [0.4, 0.5) is 5.69 Å². The maximum absolute atomic E-state index is 13.5. The van der Waals surface area contributed by atoms with Crippen molar-refractivity contribution in [3.05, 3.63) is 54.2 Å². The molecule has 4 rings (SSSR count). The van der Waals surface area contributed by atoms with Crippen molar-refractivity contribution >= 4 is 17.5 Å². The van der Waals surface area contributed by atoms with Crippen LogP contribution < -0.4 is 15.1 Å². The third-order valence-electron chi connectivity index (χ3n) is 6.45. The number of hydrogen-bond donors (Lipinski definition) is 2. The second-order valence-electron chi connectivity index (χ2n) is 8.76. The molecular formula is C24H31N5O4. The van der Waals surface area contributed by atoms with E-state index in [4.69, 9.17) is 4.74 Å². The highest BCUT2D eigenvalue weighted by Crippen LogP contribution is 2.28. The molecule has 3 heterocycles. The standard InChI is InChI=1S/C24H31N5O4/c1-17-8-9-25-21(14-17)33-19-15-20(23(30)26-32)22(27(2)16-19)24(31)29-12-10-28(11-13-29)18-6-4-3-5-7-18/h3-9,14,19-20,22,32H,10-13,15-16H2,1-2H3,(H,26,30)/t19?,20?,22-/m0/s1. The summed E-state index contributed by atoms with van der Waals surface area (Å²) < 4.78 is 6.02. The number of para-hydroxylation sites is 1. The molecule has 0 radical (unpaired) electrons. The molecule has 2 aliphatic heterocycles. The first-order valence-corrected chi connectivity index (χ1v) is 11.3. The molecule has 0 spiro atoms. The molecule has 1 aromatic heterocycles. The maximum atomic E-state index is 13.5. The Morgan fingerprint density at radius 3 is 2.52 bits per heavy atom. The van der Waals surface area contributed by atoms with Crippen LogP contribution >= 0.6 is 0 Å². The highest BCUT2D eigenvalue weighted by atomic mass is 16.5. The maximum Gasteiger partial charge on any atom is 0.248 e. The van der Waals surface area contributed by atoms with E-state index in [1.807, 2.05) is 54.1 Å². The number of aromatic nitrogens is 1. The quantitative estimate of drug-likeness (QED) is 0.520. The lowest BCUT2D eigenvalue weighted by molar-refractivity contribution is -0.151. The Kier molecular flexibility index (Phi) is 7.10. The Morgan fingerprint density at radius 2 is 1.85 bits per heavy atom. The number of nitrogens with zero attached hydrogens (tertiary/aromatic N) is 4. The van der Waals surface area contributed by atoms with E-state index < -0.39 is 17.9 Å². The SMILES string of the molecule is Cc1ccnc(OC2CC(C(=O)NO)[C@@H](C(=O)N3CCN(c4ccccc4)CC3)N(C)C2)c1. The number of ether oxygens (including phenoxy) is 1. The van der Waals surface area contributed by atoms with E-state index in [2.05, 4.69) is 22.0 Å². The van der Waals surface area contributed by atoms with Gasteiger partial charge in [0, 0.05) is 50.7 Å². The van der Waals surface area contributed by atoms with Gasteiger partial charge in [-0.25, -0.2) is 10.5 Å². The molecule has 2 fully saturated rings. The summed E-state index contributed by atoms with van der Waals surface area (Å²) in [4.78, 5) is 36.2. The molecule has 33 heavy (non-hydrogen) atoms. The van der Waals surface area contributed by atoms with Crippen LogP contribution in [-0.2, 0) is 9.59 Å². The van der Waals surface area contributed by atoms with E-state index in [1.165, 1.54) is 0 Å². The van der Waals surface area contributed by atoms with Crippen LogP contribution in [0.15, 0.2) is 48.7 Å². The van der Waals surface area contributed by atoms with Crippen LogP contribution in [0, 0.1) is 12.8 Å². The number of hydrogen-bond acceptors (Lipinski definition) is 7. The van der Waals surface area contributed by atoms with Crippen molar-refractivity contribution < 1.29 is 19.5 Å². The van der Waals surface area contributed by atoms with Gasteiger partial charge in [0.2, 0.25) is 17.7 Å². The molecule has 3 atom stereocenters. The first kappa shape index (κ1) is 23.0. The number of likely N-dealkylation sites (tertiary alicyclic amines) is 1. The highest BCUT2D eigenvalue weighted by Gasteiger charge is 2.45. The zero-order valence-corrected chi connectivity index (χ0v) is 19.1. The van der Waals surface area contributed by atoms with Gasteiger partial charge < -0.3 is 14.5 Å². The van der Waals surface area contributed by atoms with E-state index >= 15 is 0 Å². The fourth-order valence-corrected chi connectivity index (χ4v) is 4.76. The number of hydroxylamine groups is 1. The van der Waals surface area contributed by atoms with Gasteiger partial charge in [-0.15, -0.1) is 0 Å². The minimum absolute atomic E-state index is 0.0917. The summed E-state index contributed by atoms with van der Waals surface area (Å²) in [7, 11) is 1.82. The fourth-order valence-electron chi connectivity index (χ4n) is 4.76. The van der Waals surface area contributed by atoms with Gasteiger partial charge in [-0.05, 0) is 44.2 Å². The summed E-state index contributed by atoms with van der Waals surface area (Å²) in [5.41, 5.74) is 3.91. The number of carbonyl (C=O) groups is 2.